The number of halogens is 2. The van der Waals surface area contributed by atoms with Gasteiger partial charge in [0.1, 0.15) is 5.75 Å². The Hall–Kier alpha value is -1.71. The highest BCUT2D eigenvalue weighted by atomic mass is 35.5. The van der Waals surface area contributed by atoms with Crippen molar-refractivity contribution in [2.75, 3.05) is 32.9 Å². The number of carbonyl (C=O) groups is 1. The molecule has 0 aliphatic heterocycles. The first-order valence-corrected chi connectivity index (χ1v) is 12.6. The fraction of sp³-hybridized carbons (Fsp3) is 0.500. The van der Waals surface area contributed by atoms with Gasteiger partial charge in [0.2, 0.25) is 0 Å². The quantitative estimate of drug-likeness (QED) is 0.154. The molecule has 0 amide bonds. The molecule has 1 unspecified atom stereocenters. The SMILES string of the molecule is CC(=O)Oc1ccc(C(O)CNCCCCCCOCCOCc2ccc(Cl)cc2Cl)cc1CO. The lowest BCUT2D eigenvalue weighted by Gasteiger charge is -2.15. The zero-order chi connectivity index (χ0) is 25.5. The molecule has 0 heterocycles. The summed E-state index contributed by atoms with van der Waals surface area (Å²) >= 11 is 12.0. The van der Waals surface area contributed by atoms with Crippen LogP contribution in [0.25, 0.3) is 0 Å². The molecule has 0 bridgehead atoms. The van der Waals surface area contributed by atoms with Crippen molar-refractivity contribution in [2.24, 2.45) is 0 Å². The van der Waals surface area contributed by atoms with E-state index in [9.17, 15) is 15.0 Å². The van der Waals surface area contributed by atoms with E-state index in [4.69, 9.17) is 37.4 Å². The molecule has 0 aliphatic rings. The molecule has 1 atom stereocenters. The topological polar surface area (TPSA) is 97.3 Å². The van der Waals surface area contributed by atoms with Crippen molar-refractivity contribution in [1.82, 2.24) is 5.32 Å². The molecule has 2 rings (SSSR count). The summed E-state index contributed by atoms with van der Waals surface area (Å²) in [5.41, 5.74) is 2.04. The van der Waals surface area contributed by atoms with Crippen LogP contribution in [0.2, 0.25) is 10.0 Å². The van der Waals surface area contributed by atoms with E-state index in [-0.39, 0.29) is 6.61 Å². The number of carbonyl (C=O) groups excluding carboxylic acids is 1. The fourth-order valence-corrected chi connectivity index (χ4v) is 3.85. The maximum absolute atomic E-state index is 11.1. The Morgan fingerprint density at radius 1 is 0.971 bits per heavy atom. The first kappa shape index (κ1) is 29.5. The van der Waals surface area contributed by atoms with Crippen LogP contribution in [0.4, 0.5) is 0 Å². The first-order valence-electron chi connectivity index (χ1n) is 11.8. The highest BCUT2D eigenvalue weighted by molar-refractivity contribution is 6.35. The van der Waals surface area contributed by atoms with E-state index in [1.807, 2.05) is 6.07 Å². The van der Waals surface area contributed by atoms with Crippen molar-refractivity contribution in [1.29, 1.82) is 0 Å². The van der Waals surface area contributed by atoms with Gasteiger partial charge in [-0.25, -0.2) is 0 Å². The Bertz CT molecular complexity index is 911. The van der Waals surface area contributed by atoms with Crippen LogP contribution in [0, 0.1) is 0 Å². The van der Waals surface area contributed by atoms with Crippen molar-refractivity contribution >= 4 is 29.2 Å². The second-order valence-electron chi connectivity index (χ2n) is 8.15. The Morgan fingerprint density at radius 2 is 1.74 bits per heavy atom. The summed E-state index contributed by atoms with van der Waals surface area (Å²) in [7, 11) is 0. The van der Waals surface area contributed by atoms with Gasteiger partial charge in [-0.05, 0) is 54.8 Å². The van der Waals surface area contributed by atoms with Gasteiger partial charge in [0.05, 0.1) is 32.5 Å². The van der Waals surface area contributed by atoms with Crippen molar-refractivity contribution in [3.63, 3.8) is 0 Å². The third kappa shape index (κ3) is 11.7. The Morgan fingerprint density at radius 3 is 2.49 bits per heavy atom. The van der Waals surface area contributed by atoms with Crippen LogP contribution < -0.4 is 10.1 Å². The zero-order valence-electron chi connectivity index (χ0n) is 20.1. The van der Waals surface area contributed by atoms with E-state index in [2.05, 4.69) is 5.32 Å². The number of aliphatic hydroxyl groups excluding tert-OH is 2. The molecule has 3 N–H and O–H groups in total. The summed E-state index contributed by atoms with van der Waals surface area (Å²) < 4.78 is 16.2. The number of rotatable bonds is 17. The number of aliphatic hydroxyl groups is 2. The summed E-state index contributed by atoms with van der Waals surface area (Å²) in [4.78, 5) is 11.1. The molecule has 0 aliphatic carbocycles. The fourth-order valence-electron chi connectivity index (χ4n) is 3.39. The predicted octanol–water partition coefficient (Wildman–Crippen LogP) is 4.83. The minimum atomic E-state index is -0.710. The lowest BCUT2D eigenvalue weighted by molar-refractivity contribution is -0.131. The van der Waals surface area contributed by atoms with Crippen molar-refractivity contribution in [3.05, 3.63) is 63.1 Å². The molecular formula is C26H35Cl2NO6. The van der Waals surface area contributed by atoms with Gasteiger partial charge in [-0.3, -0.25) is 4.79 Å². The summed E-state index contributed by atoms with van der Waals surface area (Å²) in [5, 5.41) is 24.3. The second kappa shape index (κ2) is 16.9. The number of hydrogen-bond donors (Lipinski definition) is 3. The number of unbranched alkanes of at least 4 members (excludes halogenated alkanes) is 3. The molecular weight excluding hydrogens is 493 g/mol. The molecule has 0 radical (unpaired) electrons. The predicted molar refractivity (Wildman–Crippen MR) is 137 cm³/mol. The molecule has 194 valence electrons. The maximum atomic E-state index is 11.1. The van der Waals surface area contributed by atoms with Crippen LogP contribution in [0.1, 0.15) is 55.4 Å². The van der Waals surface area contributed by atoms with Crippen LogP contribution in [0.3, 0.4) is 0 Å². The van der Waals surface area contributed by atoms with Crippen LogP contribution in [-0.2, 0) is 27.5 Å². The largest absolute Gasteiger partial charge is 0.426 e. The van der Waals surface area contributed by atoms with Gasteiger partial charge in [-0.2, -0.15) is 0 Å². The van der Waals surface area contributed by atoms with E-state index in [1.165, 1.54) is 6.92 Å². The van der Waals surface area contributed by atoms with Gasteiger partial charge >= 0.3 is 5.97 Å². The van der Waals surface area contributed by atoms with Gasteiger partial charge in [0.15, 0.2) is 0 Å². The number of ether oxygens (including phenoxy) is 3. The zero-order valence-corrected chi connectivity index (χ0v) is 21.6. The lowest BCUT2D eigenvalue weighted by atomic mass is 10.1. The van der Waals surface area contributed by atoms with Gasteiger partial charge in [0, 0.05) is 35.7 Å². The van der Waals surface area contributed by atoms with Gasteiger partial charge in [0.25, 0.3) is 0 Å². The maximum Gasteiger partial charge on any atom is 0.308 e. The lowest BCUT2D eigenvalue weighted by Crippen LogP contribution is -2.22. The normalized spacial score (nSPS) is 12.0. The average molecular weight is 528 g/mol. The van der Waals surface area contributed by atoms with E-state index in [0.717, 1.165) is 37.8 Å². The van der Waals surface area contributed by atoms with Gasteiger partial charge in [-0.15, -0.1) is 0 Å². The van der Waals surface area contributed by atoms with E-state index in [0.29, 0.717) is 59.9 Å². The molecule has 0 saturated heterocycles. The molecule has 0 spiro atoms. The molecule has 0 fully saturated rings. The molecule has 7 nitrogen and oxygen atoms in total. The van der Waals surface area contributed by atoms with Crippen molar-refractivity contribution < 1.29 is 29.2 Å². The molecule has 0 aromatic heterocycles. The summed E-state index contributed by atoms with van der Waals surface area (Å²) in [5.74, 6) is -0.144. The summed E-state index contributed by atoms with van der Waals surface area (Å²) in [6, 6.07) is 10.3. The number of nitrogens with one attached hydrogen (secondary N) is 1. The Labute approximate surface area is 217 Å². The second-order valence-corrected chi connectivity index (χ2v) is 9.00. The van der Waals surface area contributed by atoms with Gasteiger partial charge < -0.3 is 29.7 Å². The third-order valence-corrected chi connectivity index (χ3v) is 5.85. The average Bonchev–Trinajstić information content (AvgIpc) is 2.82. The Kier molecular flexibility index (Phi) is 14.2. The van der Waals surface area contributed by atoms with Crippen LogP contribution in [0.15, 0.2) is 36.4 Å². The van der Waals surface area contributed by atoms with Crippen molar-refractivity contribution in [2.45, 2.75) is 51.9 Å². The summed E-state index contributed by atoms with van der Waals surface area (Å²) in [6.07, 6.45) is 3.43. The minimum Gasteiger partial charge on any atom is -0.426 e. The highest BCUT2D eigenvalue weighted by Gasteiger charge is 2.12. The number of esters is 1. The van der Waals surface area contributed by atoms with E-state index >= 15 is 0 Å². The number of benzene rings is 2. The minimum absolute atomic E-state index is 0.272. The first-order chi connectivity index (χ1) is 16.9. The van der Waals surface area contributed by atoms with E-state index < -0.39 is 12.1 Å². The molecule has 2 aromatic carbocycles. The standard InChI is InChI=1S/C26H35Cl2NO6/c1-19(31)35-26-9-7-20(14-22(26)17-30)25(32)16-29-10-4-2-3-5-11-33-12-13-34-18-21-6-8-23(27)15-24(21)28/h6-9,14-15,25,29-30,32H,2-5,10-13,16-18H2,1H3. The number of hydrogen-bond acceptors (Lipinski definition) is 7. The monoisotopic (exact) mass is 527 g/mol. The Balaban J connectivity index is 1.46. The van der Waals surface area contributed by atoms with E-state index in [1.54, 1.807) is 30.3 Å². The van der Waals surface area contributed by atoms with Crippen LogP contribution in [-0.4, -0.2) is 49.1 Å². The van der Waals surface area contributed by atoms with Gasteiger partial charge in [-0.1, -0.05) is 48.2 Å². The smallest absolute Gasteiger partial charge is 0.308 e. The molecule has 35 heavy (non-hydrogen) atoms. The molecule has 2 aromatic rings. The molecule has 9 heteroatoms. The third-order valence-electron chi connectivity index (χ3n) is 5.27. The summed E-state index contributed by atoms with van der Waals surface area (Å²) in [6.45, 7) is 4.43. The van der Waals surface area contributed by atoms with Crippen LogP contribution in [0.5, 0.6) is 5.75 Å². The van der Waals surface area contributed by atoms with Crippen LogP contribution >= 0.6 is 23.2 Å². The highest BCUT2D eigenvalue weighted by Crippen LogP contribution is 2.24. The molecule has 0 saturated carbocycles. The van der Waals surface area contributed by atoms with Crippen molar-refractivity contribution in [3.8, 4) is 5.75 Å².